The van der Waals surface area contributed by atoms with Gasteiger partial charge in [0.15, 0.2) is 0 Å². The summed E-state index contributed by atoms with van der Waals surface area (Å²) < 4.78 is 18.0. The Hall–Kier alpha value is -1.06. The van der Waals surface area contributed by atoms with Gasteiger partial charge in [0.05, 0.1) is 5.02 Å². The maximum absolute atomic E-state index is 12.8. The van der Waals surface area contributed by atoms with Crippen LogP contribution in [0, 0.1) is 0 Å². The molecule has 76 valence electrons. The molecule has 1 aromatic rings. The van der Waals surface area contributed by atoms with E-state index in [0.29, 0.717) is 10.8 Å². The number of para-hydroxylation sites is 1. The zero-order valence-electron chi connectivity index (χ0n) is 7.54. The van der Waals surface area contributed by atoms with E-state index in [0.717, 1.165) is 0 Å². The van der Waals surface area contributed by atoms with E-state index in [1.807, 2.05) is 0 Å². The minimum Gasteiger partial charge on any atom is -0.485 e. The molecular formula is C10H11ClFNO. The molecule has 2 N–H and O–H groups in total. The molecule has 0 radical (unpaired) electrons. The molecule has 0 aliphatic carbocycles. The van der Waals surface area contributed by atoms with Crippen molar-refractivity contribution >= 4 is 11.6 Å². The van der Waals surface area contributed by atoms with Gasteiger partial charge in [-0.05, 0) is 18.2 Å². The van der Waals surface area contributed by atoms with Crippen LogP contribution in [0.25, 0.3) is 0 Å². The molecule has 0 atom stereocenters. The Balaban J connectivity index is 2.54. The van der Waals surface area contributed by atoms with Gasteiger partial charge in [-0.15, -0.1) is 0 Å². The van der Waals surface area contributed by atoms with Crippen LogP contribution in [0.5, 0.6) is 5.75 Å². The molecule has 0 bridgehead atoms. The first kappa shape index (κ1) is 11.0. The Morgan fingerprint density at radius 1 is 1.50 bits per heavy atom. The van der Waals surface area contributed by atoms with Gasteiger partial charge in [-0.3, -0.25) is 0 Å². The van der Waals surface area contributed by atoms with Crippen LogP contribution in [0.2, 0.25) is 5.02 Å². The van der Waals surface area contributed by atoms with Crippen molar-refractivity contribution < 1.29 is 9.13 Å². The second-order valence-electron chi connectivity index (χ2n) is 2.61. The van der Waals surface area contributed by atoms with Gasteiger partial charge >= 0.3 is 0 Å². The van der Waals surface area contributed by atoms with Crippen LogP contribution in [0.3, 0.4) is 0 Å². The highest BCUT2D eigenvalue weighted by Gasteiger charge is 2.00. The number of hydrogen-bond donors (Lipinski definition) is 1. The molecule has 1 rings (SSSR count). The van der Waals surface area contributed by atoms with Crippen molar-refractivity contribution in [3.05, 3.63) is 41.2 Å². The number of benzene rings is 1. The van der Waals surface area contributed by atoms with Crippen molar-refractivity contribution in [3.8, 4) is 5.75 Å². The van der Waals surface area contributed by atoms with Crippen LogP contribution < -0.4 is 10.5 Å². The van der Waals surface area contributed by atoms with Crippen molar-refractivity contribution in [2.75, 3.05) is 13.2 Å². The van der Waals surface area contributed by atoms with Crippen molar-refractivity contribution in [1.82, 2.24) is 0 Å². The summed E-state index contributed by atoms with van der Waals surface area (Å²) in [6.07, 6.45) is 1.26. The molecule has 2 nitrogen and oxygen atoms in total. The number of rotatable bonds is 4. The maximum atomic E-state index is 12.8. The van der Waals surface area contributed by atoms with Gasteiger partial charge in [0, 0.05) is 6.54 Å². The van der Waals surface area contributed by atoms with Crippen LogP contribution in [0.4, 0.5) is 4.39 Å². The number of nitrogens with two attached hydrogens (primary N) is 1. The minimum atomic E-state index is -0.396. The van der Waals surface area contributed by atoms with Crippen LogP contribution in [0.15, 0.2) is 36.2 Å². The average Bonchev–Trinajstić information content (AvgIpc) is 2.17. The molecule has 0 amide bonds. The molecule has 0 spiro atoms. The minimum absolute atomic E-state index is 0.138. The molecule has 0 fully saturated rings. The summed E-state index contributed by atoms with van der Waals surface area (Å²) in [7, 11) is 0. The van der Waals surface area contributed by atoms with Gasteiger partial charge in [-0.2, -0.15) is 0 Å². The zero-order valence-corrected chi connectivity index (χ0v) is 8.30. The van der Waals surface area contributed by atoms with Crippen molar-refractivity contribution in [2.24, 2.45) is 5.73 Å². The molecule has 0 aliphatic rings. The molecule has 0 aromatic heterocycles. The van der Waals surface area contributed by atoms with Gasteiger partial charge in [0.25, 0.3) is 0 Å². The van der Waals surface area contributed by atoms with E-state index >= 15 is 0 Å². The van der Waals surface area contributed by atoms with Crippen LogP contribution in [0.1, 0.15) is 0 Å². The van der Waals surface area contributed by atoms with E-state index in [1.165, 1.54) is 6.08 Å². The van der Waals surface area contributed by atoms with Crippen molar-refractivity contribution in [3.63, 3.8) is 0 Å². The van der Waals surface area contributed by atoms with Crippen LogP contribution >= 0.6 is 11.6 Å². The average molecular weight is 216 g/mol. The molecule has 0 saturated carbocycles. The second-order valence-corrected chi connectivity index (χ2v) is 3.01. The second kappa shape index (κ2) is 5.62. The van der Waals surface area contributed by atoms with E-state index in [4.69, 9.17) is 22.1 Å². The van der Waals surface area contributed by atoms with Gasteiger partial charge in [0.2, 0.25) is 0 Å². The summed E-state index contributed by atoms with van der Waals surface area (Å²) in [6.45, 7) is 0.0264. The molecule has 4 heteroatoms. The van der Waals surface area contributed by atoms with Crippen molar-refractivity contribution in [1.29, 1.82) is 0 Å². The summed E-state index contributed by atoms with van der Waals surface area (Å²) in [4.78, 5) is 0. The monoisotopic (exact) mass is 215 g/mol. The summed E-state index contributed by atoms with van der Waals surface area (Å²) >= 11 is 5.79. The molecule has 0 heterocycles. The van der Waals surface area contributed by atoms with Gasteiger partial charge < -0.3 is 10.5 Å². The molecule has 0 saturated heterocycles. The Labute approximate surface area is 87.1 Å². The van der Waals surface area contributed by atoms with E-state index in [2.05, 4.69) is 0 Å². The van der Waals surface area contributed by atoms with Gasteiger partial charge in [-0.25, -0.2) is 4.39 Å². The first-order valence-electron chi connectivity index (χ1n) is 4.16. The fourth-order valence-corrected chi connectivity index (χ4v) is 1.09. The fourth-order valence-electron chi connectivity index (χ4n) is 0.895. The molecule has 0 unspecified atom stereocenters. The van der Waals surface area contributed by atoms with Gasteiger partial charge in [0.1, 0.15) is 18.2 Å². The number of ether oxygens (including phenoxy) is 1. The van der Waals surface area contributed by atoms with E-state index in [9.17, 15) is 4.39 Å². The topological polar surface area (TPSA) is 35.2 Å². The number of halogens is 2. The van der Waals surface area contributed by atoms with E-state index in [-0.39, 0.29) is 13.2 Å². The molecular weight excluding hydrogens is 205 g/mol. The normalized spacial score (nSPS) is 11.5. The third-order valence-electron chi connectivity index (χ3n) is 1.54. The highest BCUT2D eigenvalue weighted by atomic mass is 35.5. The fraction of sp³-hybridized carbons (Fsp3) is 0.200. The Morgan fingerprint density at radius 3 is 2.86 bits per heavy atom. The van der Waals surface area contributed by atoms with Crippen LogP contribution in [-0.4, -0.2) is 13.2 Å². The predicted molar refractivity (Wildman–Crippen MR) is 55.2 cm³/mol. The lowest BCUT2D eigenvalue weighted by molar-refractivity contribution is 0.318. The van der Waals surface area contributed by atoms with E-state index in [1.54, 1.807) is 24.3 Å². The largest absolute Gasteiger partial charge is 0.485 e. The molecule has 0 aliphatic heterocycles. The Morgan fingerprint density at radius 2 is 2.21 bits per heavy atom. The van der Waals surface area contributed by atoms with Gasteiger partial charge in [-0.1, -0.05) is 23.7 Å². The quantitative estimate of drug-likeness (QED) is 0.838. The highest BCUT2D eigenvalue weighted by Crippen LogP contribution is 2.23. The molecule has 1 aromatic carbocycles. The summed E-state index contributed by atoms with van der Waals surface area (Å²) in [5.41, 5.74) is 5.13. The summed E-state index contributed by atoms with van der Waals surface area (Å²) in [6, 6.07) is 6.91. The lowest BCUT2D eigenvalue weighted by atomic mass is 10.3. The first-order chi connectivity index (χ1) is 6.74. The number of hydrogen-bond acceptors (Lipinski definition) is 2. The SMILES string of the molecule is NC/C=C(/F)COc1ccccc1Cl. The standard InChI is InChI=1S/C10H11ClFNO/c11-9-3-1-2-4-10(9)14-7-8(12)5-6-13/h1-5H,6-7,13H2/b8-5+. The highest BCUT2D eigenvalue weighted by molar-refractivity contribution is 6.32. The predicted octanol–water partition coefficient (Wildman–Crippen LogP) is 2.53. The van der Waals surface area contributed by atoms with E-state index < -0.39 is 5.83 Å². The van der Waals surface area contributed by atoms with Crippen molar-refractivity contribution in [2.45, 2.75) is 0 Å². The Bertz CT molecular complexity index is 328. The summed E-state index contributed by atoms with van der Waals surface area (Å²) in [5, 5.41) is 0.466. The lowest BCUT2D eigenvalue weighted by Crippen LogP contribution is -2.01. The zero-order chi connectivity index (χ0) is 10.4. The lowest BCUT2D eigenvalue weighted by Gasteiger charge is -2.05. The smallest absolute Gasteiger partial charge is 0.139 e. The third kappa shape index (κ3) is 3.36. The first-order valence-corrected chi connectivity index (χ1v) is 4.53. The molecule has 14 heavy (non-hydrogen) atoms. The Kier molecular flexibility index (Phi) is 4.43. The van der Waals surface area contributed by atoms with Crippen LogP contribution in [-0.2, 0) is 0 Å². The maximum Gasteiger partial charge on any atom is 0.139 e. The third-order valence-corrected chi connectivity index (χ3v) is 1.85. The summed E-state index contributed by atoms with van der Waals surface area (Å²) in [5.74, 6) is 0.0714.